The lowest BCUT2D eigenvalue weighted by atomic mass is 10.2. The van der Waals surface area contributed by atoms with Gasteiger partial charge in [0, 0.05) is 25.6 Å². The van der Waals surface area contributed by atoms with Gasteiger partial charge in [-0.1, -0.05) is 0 Å². The number of halogens is 3. The predicted octanol–water partition coefficient (Wildman–Crippen LogP) is 0.220. The molecule has 0 spiro atoms. The highest BCUT2D eigenvalue weighted by molar-refractivity contribution is 7.89. The highest BCUT2D eigenvalue weighted by Gasteiger charge is 2.28. The van der Waals surface area contributed by atoms with Gasteiger partial charge in [-0.3, -0.25) is 0 Å². The molecule has 0 aromatic heterocycles. The van der Waals surface area contributed by atoms with Crippen LogP contribution in [0.4, 0.5) is 13.2 Å². The molecule has 0 aromatic rings. The Morgan fingerprint density at radius 1 is 1.33 bits per heavy atom. The zero-order chi connectivity index (χ0) is 11.5. The fraction of sp³-hybridized carbons (Fsp3) is 1.00. The Morgan fingerprint density at radius 3 is 2.33 bits per heavy atom. The van der Waals surface area contributed by atoms with Crippen LogP contribution >= 0.6 is 0 Å². The summed E-state index contributed by atoms with van der Waals surface area (Å²) >= 11 is 0. The van der Waals surface area contributed by atoms with E-state index < -0.39 is 28.4 Å². The van der Waals surface area contributed by atoms with Crippen molar-refractivity contribution in [3.05, 3.63) is 0 Å². The molecule has 0 aliphatic carbocycles. The summed E-state index contributed by atoms with van der Waals surface area (Å²) in [5, 5.41) is 2.86. The summed E-state index contributed by atoms with van der Waals surface area (Å²) < 4.78 is 60.0. The van der Waals surface area contributed by atoms with Crippen LogP contribution in [0.1, 0.15) is 12.8 Å². The standard InChI is InChI=1S/C7H13F3N2O2S/c8-7(9,10)2-1-3-15(13,14)12-6-4-11-5-6/h6,11-12H,1-5H2. The van der Waals surface area contributed by atoms with Crippen LogP contribution < -0.4 is 10.0 Å². The first kappa shape index (κ1) is 12.7. The van der Waals surface area contributed by atoms with Gasteiger partial charge in [-0.25, -0.2) is 13.1 Å². The third-order valence-electron chi connectivity index (χ3n) is 2.00. The number of rotatable bonds is 5. The molecule has 0 atom stereocenters. The Labute approximate surface area is 86.3 Å². The van der Waals surface area contributed by atoms with Gasteiger partial charge >= 0.3 is 6.18 Å². The molecule has 1 rings (SSSR count). The van der Waals surface area contributed by atoms with Crippen molar-refractivity contribution in [2.45, 2.75) is 25.1 Å². The topological polar surface area (TPSA) is 58.2 Å². The Hall–Kier alpha value is -0.340. The minimum absolute atomic E-state index is 0.166. The quantitative estimate of drug-likeness (QED) is 0.729. The van der Waals surface area contributed by atoms with Crippen LogP contribution in [0, 0.1) is 0 Å². The summed E-state index contributed by atoms with van der Waals surface area (Å²) in [5.74, 6) is -0.469. The molecule has 1 fully saturated rings. The number of nitrogens with one attached hydrogen (secondary N) is 2. The molecule has 0 aromatic carbocycles. The average molecular weight is 246 g/mol. The molecule has 0 unspecified atom stereocenters. The van der Waals surface area contributed by atoms with E-state index in [0.717, 1.165) is 0 Å². The Kier molecular flexibility index (Phi) is 3.96. The average Bonchev–Trinajstić information content (AvgIpc) is 1.94. The van der Waals surface area contributed by atoms with E-state index in [1.54, 1.807) is 0 Å². The van der Waals surface area contributed by atoms with Gasteiger partial charge in [0.15, 0.2) is 0 Å². The van der Waals surface area contributed by atoms with Gasteiger partial charge in [-0.05, 0) is 6.42 Å². The lowest BCUT2D eigenvalue weighted by Crippen LogP contribution is -2.57. The Morgan fingerprint density at radius 2 is 1.93 bits per heavy atom. The maximum absolute atomic E-state index is 11.7. The lowest BCUT2D eigenvalue weighted by Gasteiger charge is -2.27. The molecule has 8 heteroatoms. The van der Waals surface area contributed by atoms with Crippen LogP contribution in [0.2, 0.25) is 0 Å². The van der Waals surface area contributed by atoms with E-state index in [-0.39, 0.29) is 12.5 Å². The van der Waals surface area contributed by atoms with Crippen molar-refractivity contribution in [3.63, 3.8) is 0 Å². The molecule has 1 aliphatic heterocycles. The number of sulfonamides is 1. The molecule has 4 nitrogen and oxygen atoms in total. The molecule has 2 N–H and O–H groups in total. The first-order chi connectivity index (χ1) is 6.79. The normalized spacial score (nSPS) is 18.9. The minimum atomic E-state index is -4.28. The van der Waals surface area contributed by atoms with Gasteiger partial charge in [0.2, 0.25) is 10.0 Å². The molecule has 15 heavy (non-hydrogen) atoms. The Bertz CT molecular complexity index is 298. The zero-order valence-electron chi connectivity index (χ0n) is 7.97. The van der Waals surface area contributed by atoms with Crippen LogP contribution in [0.3, 0.4) is 0 Å². The number of hydrogen-bond donors (Lipinski definition) is 2. The zero-order valence-corrected chi connectivity index (χ0v) is 8.79. The highest BCUT2D eigenvalue weighted by Crippen LogP contribution is 2.21. The van der Waals surface area contributed by atoms with E-state index in [1.807, 2.05) is 0 Å². The maximum atomic E-state index is 11.7. The second-order valence-corrected chi connectivity index (χ2v) is 5.38. The van der Waals surface area contributed by atoms with Gasteiger partial charge < -0.3 is 5.32 Å². The van der Waals surface area contributed by atoms with Crippen LogP contribution in [0.5, 0.6) is 0 Å². The van der Waals surface area contributed by atoms with Gasteiger partial charge in [-0.15, -0.1) is 0 Å². The third kappa shape index (κ3) is 5.33. The molecular formula is C7H13F3N2O2S. The number of alkyl halides is 3. The monoisotopic (exact) mass is 246 g/mol. The predicted molar refractivity (Wildman–Crippen MR) is 48.9 cm³/mol. The second-order valence-electron chi connectivity index (χ2n) is 3.51. The summed E-state index contributed by atoms with van der Waals surface area (Å²) in [6.07, 6.45) is -5.73. The first-order valence-electron chi connectivity index (χ1n) is 4.56. The smallest absolute Gasteiger partial charge is 0.313 e. The van der Waals surface area contributed by atoms with Crippen molar-refractivity contribution in [2.24, 2.45) is 0 Å². The molecule has 0 radical (unpaired) electrons. The fourth-order valence-corrected chi connectivity index (χ4v) is 2.46. The van der Waals surface area contributed by atoms with Gasteiger partial charge in [0.25, 0.3) is 0 Å². The lowest BCUT2D eigenvalue weighted by molar-refractivity contribution is -0.134. The van der Waals surface area contributed by atoms with Crippen molar-refractivity contribution in [2.75, 3.05) is 18.8 Å². The molecule has 1 aliphatic rings. The summed E-state index contributed by atoms with van der Waals surface area (Å²) in [7, 11) is -3.55. The van der Waals surface area contributed by atoms with Crippen molar-refractivity contribution in [3.8, 4) is 0 Å². The van der Waals surface area contributed by atoms with Crippen molar-refractivity contribution >= 4 is 10.0 Å². The molecule has 0 amide bonds. The summed E-state index contributed by atoms with van der Waals surface area (Å²) in [5.41, 5.74) is 0. The van der Waals surface area contributed by atoms with E-state index in [1.165, 1.54) is 0 Å². The SMILES string of the molecule is O=S(=O)(CCCC(F)(F)F)NC1CNC1. The molecular weight excluding hydrogens is 233 g/mol. The van der Waals surface area contributed by atoms with E-state index in [2.05, 4.69) is 10.0 Å². The van der Waals surface area contributed by atoms with Gasteiger partial charge in [-0.2, -0.15) is 13.2 Å². The van der Waals surface area contributed by atoms with Crippen molar-refractivity contribution in [1.29, 1.82) is 0 Å². The van der Waals surface area contributed by atoms with E-state index in [4.69, 9.17) is 0 Å². The summed E-state index contributed by atoms with van der Waals surface area (Å²) in [6.45, 7) is 1.08. The summed E-state index contributed by atoms with van der Waals surface area (Å²) in [6, 6.07) is -0.166. The maximum Gasteiger partial charge on any atom is 0.389 e. The molecule has 1 heterocycles. The van der Waals surface area contributed by atoms with Crippen molar-refractivity contribution in [1.82, 2.24) is 10.0 Å². The largest absolute Gasteiger partial charge is 0.389 e. The Balaban J connectivity index is 2.23. The first-order valence-corrected chi connectivity index (χ1v) is 6.21. The number of hydrogen-bond acceptors (Lipinski definition) is 3. The highest BCUT2D eigenvalue weighted by atomic mass is 32.2. The van der Waals surface area contributed by atoms with Crippen molar-refractivity contribution < 1.29 is 21.6 Å². The second kappa shape index (κ2) is 4.67. The fourth-order valence-electron chi connectivity index (χ4n) is 1.15. The van der Waals surface area contributed by atoms with E-state index in [0.29, 0.717) is 13.1 Å². The molecule has 90 valence electrons. The minimum Gasteiger partial charge on any atom is -0.313 e. The molecule has 0 bridgehead atoms. The summed E-state index contributed by atoms with van der Waals surface area (Å²) in [4.78, 5) is 0. The van der Waals surface area contributed by atoms with Crippen LogP contribution in [-0.4, -0.2) is 39.5 Å². The van der Waals surface area contributed by atoms with Crippen LogP contribution in [0.15, 0.2) is 0 Å². The van der Waals surface area contributed by atoms with Gasteiger partial charge in [0.05, 0.1) is 5.75 Å². The van der Waals surface area contributed by atoms with E-state index >= 15 is 0 Å². The molecule has 0 saturated carbocycles. The van der Waals surface area contributed by atoms with Crippen LogP contribution in [0.25, 0.3) is 0 Å². The third-order valence-corrected chi connectivity index (χ3v) is 3.52. The van der Waals surface area contributed by atoms with E-state index in [9.17, 15) is 21.6 Å². The molecule has 1 saturated heterocycles. The van der Waals surface area contributed by atoms with Crippen LogP contribution in [-0.2, 0) is 10.0 Å². The van der Waals surface area contributed by atoms with Gasteiger partial charge in [0.1, 0.15) is 0 Å².